The molecule has 0 saturated heterocycles. The van der Waals surface area contributed by atoms with Gasteiger partial charge in [-0.25, -0.2) is 4.98 Å². The molecule has 0 saturated carbocycles. The number of amides is 1. The van der Waals surface area contributed by atoms with Crippen LogP contribution in [-0.2, 0) is 4.79 Å². The molecule has 122 valence electrons. The van der Waals surface area contributed by atoms with Crippen molar-refractivity contribution in [1.29, 1.82) is 0 Å². The van der Waals surface area contributed by atoms with E-state index in [4.69, 9.17) is 17.3 Å². The van der Waals surface area contributed by atoms with Gasteiger partial charge in [0.15, 0.2) is 5.16 Å². The van der Waals surface area contributed by atoms with E-state index in [0.29, 0.717) is 26.8 Å². The standard InChI is InChI=1S/C17H14ClN3O2S/c1-10-6-7-11(18)8-14(10)21-16(23)12-4-2-3-5-13(12)20-17(21)24-9-15(19)22/h2-8H,9H2,1H3,(H2,19,22). The topological polar surface area (TPSA) is 78.0 Å². The van der Waals surface area contributed by atoms with E-state index in [1.807, 2.05) is 19.1 Å². The second-order valence-corrected chi connectivity index (χ2v) is 6.62. The molecule has 1 aromatic heterocycles. The van der Waals surface area contributed by atoms with Gasteiger partial charge in [0.2, 0.25) is 5.91 Å². The first-order chi connectivity index (χ1) is 11.5. The molecule has 0 radical (unpaired) electrons. The lowest BCUT2D eigenvalue weighted by molar-refractivity contribution is -0.115. The molecule has 2 N–H and O–H groups in total. The van der Waals surface area contributed by atoms with Gasteiger partial charge in [0, 0.05) is 5.02 Å². The molecule has 0 aliphatic heterocycles. The summed E-state index contributed by atoms with van der Waals surface area (Å²) in [5.41, 5.74) is 7.11. The van der Waals surface area contributed by atoms with Gasteiger partial charge in [-0.1, -0.05) is 41.6 Å². The first-order valence-electron chi connectivity index (χ1n) is 7.17. The zero-order valence-electron chi connectivity index (χ0n) is 12.8. The molecule has 2 aromatic carbocycles. The predicted molar refractivity (Wildman–Crippen MR) is 97.0 cm³/mol. The van der Waals surface area contributed by atoms with E-state index < -0.39 is 5.91 Å². The Balaban J connectivity index is 2.32. The summed E-state index contributed by atoms with van der Waals surface area (Å²) in [4.78, 5) is 28.7. The Labute approximate surface area is 147 Å². The van der Waals surface area contributed by atoms with Crippen molar-refractivity contribution in [1.82, 2.24) is 9.55 Å². The Bertz CT molecular complexity index is 1000. The van der Waals surface area contributed by atoms with E-state index in [-0.39, 0.29) is 11.3 Å². The van der Waals surface area contributed by atoms with Crippen LogP contribution in [0.25, 0.3) is 16.6 Å². The van der Waals surface area contributed by atoms with Crippen molar-refractivity contribution < 1.29 is 4.79 Å². The van der Waals surface area contributed by atoms with Crippen molar-refractivity contribution >= 4 is 40.2 Å². The fourth-order valence-corrected chi connectivity index (χ4v) is 3.29. The summed E-state index contributed by atoms with van der Waals surface area (Å²) in [7, 11) is 0. The zero-order chi connectivity index (χ0) is 17.3. The number of aryl methyl sites for hydroxylation is 1. The molecule has 5 nitrogen and oxygen atoms in total. The molecule has 0 aliphatic carbocycles. The largest absolute Gasteiger partial charge is 0.369 e. The number of carbonyl (C=O) groups excluding carboxylic acids is 1. The third-order valence-electron chi connectivity index (χ3n) is 3.50. The predicted octanol–water partition coefficient (Wildman–Crippen LogP) is 2.92. The number of carbonyl (C=O) groups is 1. The maximum absolute atomic E-state index is 13.0. The Morgan fingerprint density at radius 2 is 2.04 bits per heavy atom. The maximum atomic E-state index is 13.0. The lowest BCUT2D eigenvalue weighted by Crippen LogP contribution is -2.23. The summed E-state index contributed by atoms with van der Waals surface area (Å²) in [5.74, 6) is -0.443. The number of rotatable bonds is 4. The normalized spacial score (nSPS) is 10.9. The van der Waals surface area contributed by atoms with Crippen LogP contribution in [0.4, 0.5) is 0 Å². The average molecular weight is 360 g/mol. The molecule has 0 bridgehead atoms. The van der Waals surface area contributed by atoms with Gasteiger partial charge in [0.25, 0.3) is 5.56 Å². The van der Waals surface area contributed by atoms with E-state index in [9.17, 15) is 9.59 Å². The van der Waals surface area contributed by atoms with Crippen molar-refractivity contribution in [3.05, 3.63) is 63.4 Å². The number of para-hydroxylation sites is 1. The van der Waals surface area contributed by atoms with Gasteiger partial charge in [0.05, 0.1) is 22.3 Å². The molecule has 1 heterocycles. The third kappa shape index (κ3) is 3.16. The molecule has 0 atom stereocenters. The van der Waals surface area contributed by atoms with Crippen molar-refractivity contribution in [3.8, 4) is 5.69 Å². The van der Waals surface area contributed by atoms with Gasteiger partial charge >= 0.3 is 0 Å². The van der Waals surface area contributed by atoms with Crippen LogP contribution in [0.15, 0.2) is 52.4 Å². The van der Waals surface area contributed by atoms with Crippen molar-refractivity contribution in [2.24, 2.45) is 5.73 Å². The van der Waals surface area contributed by atoms with Gasteiger partial charge in [-0.15, -0.1) is 0 Å². The molecule has 0 unspecified atom stereocenters. The minimum absolute atomic E-state index is 0.0321. The van der Waals surface area contributed by atoms with Crippen molar-refractivity contribution in [2.45, 2.75) is 12.1 Å². The monoisotopic (exact) mass is 359 g/mol. The highest BCUT2D eigenvalue weighted by Crippen LogP contribution is 2.25. The Hall–Kier alpha value is -2.31. The van der Waals surface area contributed by atoms with Gasteiger partial charge in [-0.05, 0) is 36.8 Å². The summed E-state index contributed by atoms with van der Waals surface area (Å²) < 4.78 is 1.48. The number of benzene rings is 2. The molecule has 0 spiro atoms. The van der Waals surface area contributed by atoms with Crippen LogP contribution in [0.3, 0.4) is 0 Å². The summed E-state index contributed by atoms with van der Waals surface area (Å²) in [6.45, 7) is 1.88. The molecule has 0 fully saturated rings. The van der Waals surface area contributed by atoms with Gasteiger partial charge in [0.1, 0.15) is 0 Å². The van der Waals surface area contributed by atoms with Crippen LogP contribution in [0, 0.1) is 6.92 Å². The molecular weight excluding hydrogens is 346 g/mol. The Kier molecular flexibility index (Phi) is 4.59. The van der Waals surface area contributed by atoms with Crippen molar-refractivity contribution in [3.63, 3.8) is 0 Å². The average Bonchev–Trinajstić information content (AvgIpc) is 2.56. The summed E-state index contributed by atoms with van der Waals surface area (Å²) in [6.07, 6.45) is 0. The highest BCUT2D eigenvalue weighted by atomic mass is 35.5. The Morgan fingerprint density at radius 1 is 1.29 bits per heavy atom. The minimum atomic E-state index is -0.475. The van der Waals surface area contributed by atoms with Crippen LogP contribution in [-0.4, -0.2) is 21.2 Å². The number of hydrogen-bond acceptors (Lipinski definition) is 4. The van der Waals surface area contributed by atoms with Crippen molar-refractivity contribution in [2.75, 3.05) is 5.75 Å². The fraction of sp³-hybridized carbons (Fsp3) is 0.118. The second-order valence-electron chi connectivity index (χ2n) is 5.24. The summed E-state index contributed by atoms with van der Waals surface area (Å²) in [5, 5.41) is 1.42. The molecule has 24 heavy (non-hydrogen) atoms. The number of primary amides is 1. The summed E-state index contributed by atoms with van der Waals surface area (Å²) in [6, 6.07) is 12.4. The maximum Gasteiger partial charge on any atom is 0.266 e. The number of fused-ring (bicyclic) bond motifs is 1. The molecule has 0 aliphatic rings. The quantitative estimate of drug-likeness (QED) is 0.574. The van der Waals surface area contributed by atoms with Crippen LogP contribution in [0.2, 0.25) is 5.02 Å². The highest BCUT2D eigenvalue weighted by Gasteiger charge is 2.15. The number of thioether (sulfide) groups is 1. The zero-order valence-corrected chi connectivity index (χ0v) is 14.4. The van der Waals surface area contributed by atoms with E-state index in [2.05, 4.69) is 4.98 Å². The summed E-state index contributed by atoms with van der Waals surface area (Å²) >= 11 is 7.23. The lowest BCUT2D eigenvalue weighted by atomic mass is 10.2. The number of hydrogen-bond donors (Lipinski definition) is 1. The Morgan fingerprint density at radius 3 is 2.79 bits per heavy atom. The first kappa shape index (κ1) is 16.5. The number of nitrogens with two attached hydrogens (primary N) is 1. The van der Waals surface area contributed by atoms with E-state index in [0.717, 1.165) is 17.3 Å². The third-order valence-corrected chi connectivity index (χ3v) is 4.70. The molecule has 3 rings (SSSR count). The second kappa shape index (κ2) is 6.67. The smallest absolute Gasteiger partial charge is 0.266 e. The van der Waals surface area contributed by atoms with Gasteiger partial charge in [-0.2, -0.15) is 0 Å². The van der Waals surface area contributed by atoms with Gasteiger partial charge < -0.3 is 5.73 Å². The van der Waals surface area contributed by atoms with Gasteiger partial charge in [-0.3, -0.25) is 14.2 Å². The van der Waals surface area contributed by atoms with Crippen LogP contribution in [0.1, 0.15) is 5.56 Å². The SMILES string of the molecule is Cc1ccc(Cl)cc1-n1c(SCC(N)=O)nc2ccccc2c1=O. The van der Waals surface area contributed by atoms with E-state index in [1.165, 1.54) is 4.57 Å². The highest BCUT2D eigenvalue weighted by molar-refractivity contribution is 7.99. The van der Waals surface area contributed by atoms with Crippen LogP contribution in [0.5, 0.6) is 0 Å². The van der Waals surface area contributed by atoms with Crippen LogP contribution < -0.4 is 11.3 Å². The molecule has 7 heteroatoms. The fourth-order valence-electron chi connectivity index (χ4n) is 2.38. The first-order valence-corrected chi connectivity index (χ1v) is 8.53. The number of halogens is 1. The van der Waals surface area contributed by atoms with E-state index >= 15 is 0 Å². The minimum Gasteiger partial charge on any atom is -0.369 e. The van der Waals surface area contributed by atoms with Crippen LogP contribution >= 0.6 is 23.4 Å². The van der Waals surface area contributed by atoms with E-state index in [1.54, 1.807) is 30.3 Å². The molecule has 1 amide bonds. The lowest BCUT2D eigenvalue weighted by Gasteiger charge is -2.15. The number of aromatic nitrogens is 2. The molecule has 3 aromatic rings. The molecular formula is C17H14ClN3O2S. The number of nitrogens with zero attached hydrogens (tertiary/aromatic N) is 2.